The molecule has 1 rings (SSSR count). The molecule has 0 fully saturated rings. The molecular weight excluding hydrogens is 326 g/mol. The molecule has 0 saturated heterocycles. The van der Waals surface area contributed by atoms with Gasteiger partial charge in [0, 0.05) is 0 Å². The maximum absolute atomic E-state index is 12.9. The van der Waals surface area contributed by atoms with Crippen molar-refractivity contribution in [2.45, 2.75) is 37.0 Å². The predicted molar refractivity (Wildman–Crippen MR) is 58.5 cm³/mol. The molecule has 3 nitrogen and oxygen atoms in total. The van der Waals surface area contributed by atoms with E-state index < -0.39 is 50.0 Å². The first-order chi connectivity index (χ1) is 9.15. The number of halogens is 6. The zero-order valence-corrected chi connectivity index (χ0v) is 11.4. The molecule has 0 amide bonds. The second kappa shape index (κ2) is 5.16. The summed E-state index contributed by atoms with van der Waals surface area (Å²) in [5.41, 5.74) is -4.65. The van der Waals surface area contributed by atoms with Gasteiger partial charge in [-0.25, -0.2) is 8.42 Å². The third-order valence-corrected chi connectivity index (χ3v) is 3.44. The molecule has 0 radical (unpaired) electrons. The molecule has 0 aromatic heterocycles. The van der Waals surface area contributed by atoms with Crippen molar-refractivity contribution >= 4 is 10.1 Å². The standard InChI is InChI=1S/C11H10F6O3S/c1-5(2)9-7(10(12,13)14)3-6(21(18,19)20)4-8(9)11(15,16)17/h3-5H,1-2H3,(H,18,19,20)/p-1. The summed E-state index contributed by atoms with van der Waals surface area (Å²) in [6, 6.07) is -0.125. The summed E-state index contributed by atoms with van der Waals surface area (Å²) in [6.07, 6.45) is -10.4. The van der Waals surface area contributed by atoms with Crippen LogP contribution in [0.15, 0.2) is 17.0 Å². The van der Waals surface area contributed by atoms with Gasteiger partial charge in [0.05, 0.1) is 16.0 Å². The summed E-state index contributed by atoms with van der Waals surface area (Å²) < 4.78 is 110. The van der Waals surface area contributed by atoms with Crippen LogP contribution in [0, 0.1) is 0 Å². The van der Waals surface area contributed by atoms with Crippen LogP contribution in [0.1, 0.15) is 36.5 Å². The molecule has 0 atom stereocenters. The highest BCUT2D eigenvalue weighted by Gasteiger charge is 2.42. The molecule has 0 aliphatic heterocycles. The zero-order chi connectivity index (χ0) is 16.8. The Morgan fingerprint density at radius 3 is 1.48 bits per heavy atom. The van der Waals surface area contributed by atoms with Crippen molar-refractivity contribution in [1.29, 1.82) is 0 Å². The minimum Gasteiger partial charge on any atom is -0.744 e. The Labute approximate surface area is 116 Å². The highest BCUT2D eigenvalue weighted by molar-refractivity contribution is 7.85. The van der Waals surface area contributed by atoms with Gasteiger partial charge in [0.25, 0.3) is 0 Å². The lowest BCUT2D eigenvalue weighted by Gasteiger charge is -2.23. The van der Waals surface area contributed by atoms with Crippen molar-refractivity contribution in [3.8, 4) is 0 Å². The molecule has 0 aliphatic carbocycles. The zero-order valence-electron chi connectivity index (χ0n) is 10.6. The maximum atomic E-state index is 12.9. The van der Waals surface area contributed by atoms with Crippen molar-refractivity contribution in [2.75, 3.05) is 0 Å². The highest BCUT2D eigenvalue weighted by atomic mass is 32.2. The van der Waals surface area contributed by atoms with Gasteiger partial charge in [-0.2, -0.15) is 26.3 Å². The van der Waals surface area contributed by atoms with Crippen molar-refractivity contribution in [3.05, 3.63) is 28.8 Å². The first-order valence-corrected chi connectivity index (χ1v) is 6.84. The van der Waals surface area contributed by atoms with E-state index in [1.165, 1.54) is 0 Å². The number of hydrogen-bond donors (Lipinski definition) is 0. The topological polar surface area (TPSA) is 57.2 Å². The number of benzene rings is 1. The van der Waals surface area contributed by atoms with E-state index in [4.69, 9.17) is 0 Å². The molecule has 0 saturated carbocycles. The van der Waals surface area contributed by atoms with Gasteiger partial charge in [-0.05, 0) is 23.6 Å². The molecule has 120 valence electrons. The average molecular weight is 335 g/mol. The van der Waals surface area contributed by atoms with Crippen LogP contribution in [0.3, 0.4) is 0 Å². The summed E-state index contributed by atoms with van der Waals surface area (Å²) in [7, 11) is -5.46. The summed E-state index contributed by atoms with van der Waals surface area (Å²) in [5.74, 6) is -1.18. The van der Waals surface area contributed by atoms with E-state index in [0.29, 0.717) is 0 Å². The van der Waals surface area contributed by atoms with Crippen LogP contribution < -0.4 is 0 Å². The second-order valence-corrected chi connectivity index (χ2v) is 5.92. The van der Waals surface area contributed by atoms with Crippen molar-refractivity contribution in [2.24, 2.45) is 0 Å². The number of alkyl halides is 6. The summed E-state index contributed by atoms with van der Waals surface area (Å²) in [4.78, 5) is -1.56. The molecule has 0 spiro atoms. The molecule has 0 N–H and O–H groups in total. The summed E-state index contributed by atoms with van der Waals surface area (Å²) in [6.45, 7) is 2.20. The minimum absolute atomic E-state index is 0.0626. The van der Waals surface area contributed by atoms with E-state index in [-0.39, 0.29) is 12.1 Å². The Hall–Kier alpha value is -1.29. The fraction of sp³-hybridized carbons (Fsp3) is 0.455. The fourth-order valence-corrected chi connectivity index (χ4v) is 2.39. The molecule has 10 heteroatoms. The van der Waals surface area contributed by atoms with E-state index >= 15 is 0 Å². The normalized spacial score (nSPS) is 13.8. The van der Waals surface area contributed by atoms with Crippen LogP contribution in [-0.4, -0.2) is 13.0 Å². The fourth-order valence-electron chi connectivity index (χ4n) is 1.86. The van der Waals surface area contributed by atoms with E-state index in [0.717, 1.165) is 13.8 Å². The Kier molecular flexibility index (Phi) is 4.37. The van der Waals surface area contributed by atoms with Crippen molar-refractivity contribution in [1.82, 2.24) is 0 Å². The molecule has 0 unspecified atom stereocenters. The maximum Gasteiger partial charge on any atom is 0.416 e. The Morgan fingerprint density at radius 1 is 0.952 bits per heavy atom. The third-order valence-electron chi connectivity index (χ3n) is 2.63. The molecule has 1 aromatic rings. The Bertz CT molecular complexity index is 608. The predicted octanol–water partition coefficient (Wildman–Crippen LogP) is 3.75. The van der Waals surface area contributed by atoms with Gasteiger partial charge in [-0.15, -0.1) is 0 Å². The highest BCUT2D eigenvalue weighted by Crippen LogP contribution is 2.43. The first-order valence-electron chi connectivity index (χ1n) is 5.44. The lowest BCUT2D eigenvalue weighted by atomic mass is 9.91. The first kappa shape index (κ1) is 17.8. The van der Waals surface area contributed by atoms with Crippen LogP contribution >= 0.6 is 0 Å². The van der Waals surface area contributed by atoms with Gasteiger partial charge in [0.1, 0.15) is 10.1 Å². The van der Waals surface area contributed by atoms with E-state index in [1.54, 1.807) is 0 Å². The molecule has 21 heavy (non-hydrogen) atoms. The molecule has 0 aliphatic rings. The molecule has 0 bridgehead atoms. The number of hydrogen-bond acceptors (Lipinski definition) is 3. The third kappa shape index (κ3) is 3.88. The van der Waals surface area contributed by atoms with E-state index in [1.807, 2.05) is 0 Å². The molecule has 1 aromatic carbocycles. The van der Waals surface area contributed by atoms with Crippen LogP contribution in [0.2, 0.25) is 0 Å². The van der Waals surface area contributed by atoms with Crippen LogP contribution in [0.4, 0.5) is 26.3 Å². The largest absolute Gasteiger partial charge is 0.744 e. The van der Waals surface area contributed by atoms with Gasteiger partial charge in [0.15, 0.2) is 0 Å². The lowest BCUT2D eigenvalue weighted by Crippen LogP contribution is -2.19. The SMILES string of the molecule is CC(C)c1c(C(F)(F)F)cc(S(=O)(=O)[O-])cc1C(F)(F)F. The van der Waals surface area contributed by atoms with Crippen molar-refractivity contribution < 1.29 is 39.3 Å². The minimum atomic E-state index is -5.46. The Balaban J connectivity index is 3.94. The van der Waals surface area contributed by atoms with E-state index in [2.05, 4.69) is 0 Å². The molecule has 0 heterocycles. The number of rotatable bonds is 2. The Morgan fingerprint density at radius 2 is 1.29 bits per heavy atom. The van der Waals surface area contributed by atoms with Gasteiger partial charge >= 0.3 is 12.4 Å². The van der Waals surface area contributed by atoms with Crippen LogP contribution in [-0.2, 0) is 22.5 Å². The molecular formula is C11H9F6O3S-. The summed E-state index contributed by atoms with van der Waals surface area (Å²) in [5, 5.41) is 0. The monoisotopic (exact) mass is 335 g/mol. The van der Waals surface area contributed by atoms with Gasteiger partial charge < -0.3 is 4.55 Å². The van der Waals surface area contributed by atoms with Gasteiger partial charge in [0.2, 0.25) is 0 Å². The second-order valence-electron chi connectivity index (χ2n) is 4.54. The lowest BCUT2D eigenvalue weighted by molar-refractivity contribution is -0.144. The van der Waals surface area contributed by atoms with Gasteiger partial charge in [-0.1, -0.05) is 13.8 Å². The van der Waals surface area contributed by atoms with Crippen LogP contribution in [0.5, 0.6) is 0 Å². The van der Waals surface area contributed by atoms with Crippen molar-refractivity contribution in [3.63, 3.8) is 0 Å². The van der Waals surface area contributed by atoms with E-state index in [9.17, 15) is 39.3 Å². The summed E-state index contributed by atoms with van der Waals surface area (Å²) >= 11 is 0. The average Bonchev–Trinajstić information content (AvgIpc) is 2.23. The quantitative estimate of drug-likeness (QED) is 0.611. The van der Waals surface area contributed by atoms with Crippen LogP contribution in [0.25, 0.3) is 0 Å². The van der Waals surface area contributed by atoms with Gasteiger partial charge in [-0.3, -0.25) is 0 Å². The smallest absolute Gasteiger partial charge is 0.416 e.